The lowest BCUT2D eigenvalue weighted by molar-refractivity contribution is -0.427. The van der Waals surface area contributed by atoms with Crippen molar-refractivity contribution in [2.45, 2.75) is 96.8 Å². The molecule has 0 fully saturated rings. The summed E-state index contributed by atoms with van der Waals surface area (Å²) in [5.74, 6) is 0. The van der Waals surface area contributed by atoms with Crippen LogP contribution in [-0.4, -0.2) is 6.16 Å². The Morgan fingerprint density at radius 2 is 1.00 bits per heavy atom. The first-order chi connectivity index (χ1) is 10.6. The monoisotopic (exact) mass is 330 g/mol. The molecule has 0 aliphatic rings. The van der Waals surface area contributed by atoms with E-state index in [0.29, 0.717) is 6.42 Å². The fourth-order valence-corrected chi connectivity index (χ4v) is 3.16. The van der Waals surface area contributed by atoms with Gasteiger partial charge in [0.25, 0.3) is 0 Å². The summed E-state index contributed by atoms with van der Waals surface area (Å²) in [5, 5.41) is 0. The lowest BCUT2D eigenvalue weighted by Gasteiger charge is -2.42. The van der Waals surface area contributed by atoms with Gasteiger partial charge in [0.2, 0.25) is 0 Å². The molecule has 3 nitrogen and oxygen atoms in total. The SMILES string of the molecule is CCCCCCCCC=CCCCCCCCC[P+]([O-])([O-])[O-]. The second kappa shape index (κ2) is 15.9. The predicted octanol–water partition coefficient (Wildman–Crippen LogP) is 3.87. The third-order valence-electron chi connectivity index (χ3n) is 3.94. The highest BCUT2D eigenvalue weighted by Gasteiger charge is 1.97. The van der Waals surface area contributed by atoms with Gasteiger partial charge in [0.05, 0.1) is 0 Å². The number of hydrogen-bond donors (Lipinski definition) is 0. The summed E-state index contributed by atoms with van der Waals surface area (Å²) in [7, 11) is -4.26. The molecule has 0 bridgehead atoms. The number of hydrogen-bond acceptors (Lipinski definition) is 3. The van der Waals surface area contributed by atoms with Crippen LogP contribution < -0.4 is 14.7 Å². The Balaban J connectivity index is 3.11. The van der Waals surface area contributed by atoms with Gasteiger partial charge >= 0.3 is 0 Å². The average molecular weight is 330 g/mol. The van der Waals surface area contributed by atoms with Gasteiger partial charge in [-0.3, -0.25) is 0 Å². The van der Waals surface area contributed by atoms with E-state index in [-0.39, 0.29) is 6.16 Å². The molecular weight excluding hydrogens is 295 g/mol. The van der Waals surface area contributed by atoms with Crippen molar-refractivity contribution in [3.8, 4) is 0 Å². The van der Waals surface area contributed by atoms with Crippen LogP contribution in [0.5, 0.6) is 0 Å². The molecule has 0 radical (unpaired) electrons. The van der Waals surface area contributed by atoms with Crippen molar-refractivity contribution >= 4 is 7.94 Å². The van der Waals surface area contributed by atoms with Crippen LogP contribution in [0.2, 0.25) is 0 Å². The standard InChI is InChI=1S/C18H37O3P/c1-2-3-4-5-6-7-8-9-10-11-12-13-14-15-16-17-18-22(19,20)21/h9-10H,2-8,11-18H2,1H3,(H2,19,20,21)/p-2. The Kier molecular flexibility index (Phi) is 16.0. The second-order valence-electron chi connectivity index (χ2n) is 6.27. The molecular formula is C18H35O3P-2. The zero-order valence-electron chi connectivity index (χ0n) is 14.4. The minimum Gasteiger partial charge on any atom is -0.688 e. The average Bonchev–Trinajstić information content (AvgIpc) is 2.45. The summed E-state index contributed by atoms with van der Waals surface area (Å²) in [5.41, 5.74) is 0. The van der Waals surface area contributed by atoms with E-state index < -0.39 is 7.94 Å². The van der Waals surface area contributed by atoms with Crippen molar-refractivity contribution < 1.29 is 14.7 Å². The van der Waals surface area contributed by atoms with E-state index in [4.69, 9.17) is 0 Å². The smallest absolute Gasteiger partial charge is 0.0425 e. The Hall–Kier alpha value is 0.0500. The summed E-state index contributed by atoms with van der Waals surface area (Å²) in [4.78, 5) is 31.3. The highest BCUT2D eigenvalue weighted by atomic mass is 31.2. The first kappa shape index (κ1) is 22.1. The van der Waals surface area contributed by atoms with Gasteiger partial charge in [0.15, 0.2) is 0 Å². The van der Waals surface area contributed by atoms with E-state index in [1.165, 1.54) is 57.8 Å². The molecule has 0 aromatic carbocycles. The lowest BCUT2D eigenvalue weighted by atomic mass is 10.1. The van der Waals surface area contributed by atoms with Gasteiger partial charge in [0, 0.05) is 6.16 Å². The Morgan fingerprint density at radius 1 is 0.591 bits per heavy atom. The number of unbranched alkanes of at least 4 members (excludes halogenated alkanes) is 12. The number of allylic oxidation sites excluding steroid dienone is 2. The molecule has 22 heavy (non-hydrogen) atoms. The largest absolute Gasteiger partial charge is 0.688 e. The maximum Gasteiger partial charge on any atom is 0.0425 e. The van der Waals surface area contributed by atoms with E-state index in [1.807, 2.05) is 0 Å². The van der Waals surface area contributed by atoms with Crippen LogP contribution >= 0.6 is 7.94 Å². The third-order valence-corrected chi connectivity index (χ3v) is 4.81. The van der Waals surface area contributed by atoms with Crippen molar-refractivity contribution in [2.75, 3.05) is 6.16 Å². The molecule has 0 atom stereocenters. The van der Waals surface area contributed by atoms with Crippen LogP contribution in [0.1, 0.15) is 96.8 Å². The second-order valence-corrected chi connectivity index (χ2v) is 7.94. The topological polar surface area (TPSA) is 69.2 Å². The van der Waals surface area contributed by atoms with Gasteiger partial charge in [-0.1, -0.05) is 70.4 Å². The number of rotatable bonds is 16. The minimum atomic E-state index is -4.26. The van der Waals surface area contributed by atoms with E-state index in [9.17, 15) is 14.7 Å². The molecule has 0 aliphatic heterocycles. The summed E-state index contributed by atoms with van der Waals surface area (Å²) < 4.78 is 0. The maximum atomic E-state index is 10.4. The summed E-state index contributed by atoms with van der Waals surface area (Å²) >= 11 is 0. The summed E-state index contributed by atoms with van der Waals surface area (Å²) in [6.45, 7) is 2.25. The van der Waals surface area contributed by atoms with Crippen LogP contribution in [-0.2, 0) is 0 Å². The molecule has 0 heterocycles. The van der Waals surface area contributed by atoms with E-state index in [0.717, 1.165) is 25.7 Å². The van der Waals surface area contributed by atoms with Gasteiger partial charge < -0.3 is 14.7 Å². The van der Waals surface area contributed by atoms with Crippen molar-refractivity contribution in [3.05, 3.63) is 12.2 Å². The molecule has 0 spiro atoms. The molecule has 0 unspecified atom stereocenters. The molecule has 132 valence electrons. The Morgan fingerprint density at radius 3 is 1.45 bits per heavy atom. The summed E-state index contributed by atoms with van der Waals surface area (Å²) in [6, 6.07) is 0. The fourth-order valence-electron chi connectivity index (χ4n) is 2.55. The molecule has 0 amide bonds. The molecule has 0 saturated carbocycles. The van der Waals surface area contributed by atoms with Crippen LogP contribution in [0, 0.1) is 0 Å². The first-order valence-electron chi connectivity index (χ1n) is 9.22. The van der Waals surface area contributed by atoms with Gasteiger partial charge in [0.1, 0.15) is 0 Å². The first-order valence-corrected chi connectivity index (χ1v) is 10.9. The fraction of sp³-hybridized carbons (Fsp3) is 0.889. The molecule has 0 rings (SSSR count). The maximum absolute atomic E-state index is 10.4. The van der Waals surface area contributed by atoms with E-state index in [1.54, 1.807) is 0 Å². The van der Waals surface area contributed by atoms with E-state index >= 15 is 0 Å². The molecule has 4 heteroatoms. The highest BCUT2D eigenvalue weighted by molar-refractivity contribution is 7.54. The van der Waals surface area contributed by atoms with Gasteiger partial charge in [-0.15, -0.1) is 0 Å². The predicted molar refractivity (Wildman–Crippen MR) is 91.2 cm³/mol. The molecule has 0 saturated heterocycles. The molecule has 0 aromatic heterocycles. The molecule has 0 N–H and O–H groups in total. The van der Waals surface area contributed by atoms with Crippen LogP contribution in [0.15, 0.2) is 12.2 Å². The highest BCUT2D eigenvalue weighted by Crippen LogP contribution is 2.29. The zero-order chi connectivity index (χ0) is 16.5. The quantitative estimate of drug-likeness (QED) is 0.245. The van der Waals surface area contributed by atoms with Crippen LogP contribution in [0.25, 0.3) is 0 Å². The Labute approximate surface area is 138 Å². The Bertz CT molecular complexity index is 249. The van der Waals surface area contributed by atoms with Gasteiger partial charge in [-0.25, -0.2) is 0 Å². The van der Waals surface area contributed by atoms with E-state index in [2.05, 4.69) is 19.1 Å². The lowest BCUT2D eigenvalue weighted by Crippen LogP contribution is -2.34. The van der Waals surface area contributed by atoms with Gasteiger partial charge in [-0.05, 0) is 38.5 Å². The van der Waals surface area contributed by atoms with Gasteiger partial charge in [-0.2, -0.15) is 7.94 Å². The van der Waals surface area contributed by atoms with Crippen molar-refractivity contribution in [1.29, 1.82) is 0 Å². The van der Waals surface area contributed by atoms with Crippen molar-refractivity contribution in [3.63, 3.8) is 0 Å². The zero-order valence-corrected chi connectivity index (χ0v) is 15.3. The van der Waals surface area contributed by atoms with Crippen LogP contribution in [0.4, 0.5) is 0 Å². The molecule has 0 aliphatic carbocycles. The third kappa shape index (κ3) is 20.1. The molecule has 0 aromatic rings. The normalized spacial score (nSPS) is 12.4. The van der Waals surface area contributed by atoms with Crippen molar-refractivity contribution in [2.24, 2.45) is 0 Å². The minimum absolute atomic E-state index is 0.172. The van der Waals surface area contributed by atoms with Crippen LogP contribution in [0.3, 0.4) is 0 Å². The summed E-state index contributed by atoms with van der Waals surface area (Å²) in [6.07, 6.45) is 21.0. The van der Waals surface area contributed by atoms with Crippen molar-refractivity contribution in [1.82, 2.24) is 0 Å².